The van der Waals surface area contributed by atoms with Crippen molar-refractivity contribution >= 4 is 10.9 Å². The van der Waals surface area contributed by atoms with Crippen LogP contribution in [-0.4, -0.2) is 47.5 Å². The van der Waals surface area contributed by atoms with Crippen molar-refractivity contribution in [1.29, 1.82) is 0 Å². The molecule has 3 heteroatoms. The smallest absolute Gasteiger partial charge is 0.0746 e. The van der Waals surface area contributed by atoms with Gasteiger partial charge in [0.25, 0.3) is 0 Å². The van der Waals surface area contributed by atoms with Gasteiger partial charge in [-0.15, -0.1) is 0 Å². The summed E-state index contributed by atoms with van der Waals surface area (Å²) in [6, 6.07) is 10.7. The second kappa shape index (κ2) is 6.54. The highest BCUT2D eigenvalue weighted by Gasteiger charge is 2.18. The Kier molecular flexibility index (Phi) is 4.51. The molecule has 1 aromatic carbocycles. The fourth-order valence-electron chi connectivity index (χ4n) is 3.18. The summed E-state index contributed by atoms with van der Waals surface area (Å²) in [4.78, 5) is 9.71. The van der Waals surface area contributed by atoms with Crippen molar-refractivity contribution in [2.75, 3.05) is 32.7 Å². The summed E-state index contributed by atoms with van der Waals surface area (Å²) < 4.78 is 0. The van der Waals surface area contributed by atoms with Crippen molar-refractivity contribution in [3.8, 4) is 0 Å². The van der Waals surface area contributed by atoms with E-state index in [2.05, 4.69) is 52.9 Å². The van der Waals surface area contributed by atoms with Crippen LogP contribution in [0.2, 0.25) is 0 Å². The number of hydrogen-bond donors (Lipinski definition) is 0. The molecule has 1 aliphatic rings. The Balaban J connectivity index is 1.65. The van der Waals surface area contributed by atoms with Crippen molar-refractivity contribution in [2.24, 2.45) is 5.92 Å². The number of piperazine rings is 1. The van der Waals surface area contributed by atoms with E-state index in [1.54, 1.807) is 0 Å². The molecule has 1 saturated heterocycles. The maximum atomic E-state index is 4.56. The fraction of sp³-hybridized carbons (Fsp3) is 0.500. The molecule has 0 spiro atoms. The van der Waals surface area contributed by atoms with E-state index in [4.69, 9.17) is 0 Å². The Labute approximate surface area is 127 Å². The lowest BCUT2D eigenvalue weighted by Gasteiger charge is -2.35. The number of fused-ring (bicyclic) bond motifs is 1. The minimum Gasteiger partial charge on any atom is -0.301 e. The third-order valence-electron chi connectivity index (χ3n) is 4.20. The minimum atomic E-state index is 0.763. The van der Waals surface area contributed by atoms with Gasteiger partial charge < -0.3 is 4.90 Å². The van der Waals surface area contributed by atoms with E-state index < -0.39 is 0 Å². The molecular weight excluding hydrogens is 258 g/mol. The molecule has 21 heavy (non-hydrogen) atoms. The van der Waals surface area contributed by atoms with E-state index in [0.717, 1.165) is 31.1 Å². The van der Waals surface area contributed by atoms with Gasteiger partial charge in [0, 0.05) is 50.9 Å². The molecule has 3 rings (SSSR count). The Morgan fingerprint density at radius 1 is 1.00 bits per heavy atom. The molecular formula is C18H25N3. The monoisotopic (exact) mass is 283 g/mol. The SMILES string of the molecule is CC(C)CN1CCN(Cc2cccc3cccnc23)CC1. The Morgan fingerprint density at radius 3 is 2.48 bits per heavy atom. The lowest BCUT2D eigenvalue weighted by molar-refractivity contribution is 0.118. The van der Waals surface area contributed by atoms with Crippen molar-refractivity contribution in [3.05, 3.63) is 42.1 Å². The van der Waals surface area contributed by atoms with E-state index in [0.29, 0.717) is 0 Å². The fourth-order valence-corrected chi connectivity index (χ4v) is 3.18. The molecule has 0 saturated carbocycles. The van der Waals surface area contributed by atoms with Gasteiger partial charge in [-0.3, -0.25) is 9.88 Å². The number of nitrogens with zero attached hydrogens (tertiary/aromatic N) is 3. The summed E-state index contributed by atoms with van der Waals surface area (Å²) in [5.41, 5.74) is 2.51. The van der Waals surface area contributed by atoms with Crippen molar-refractivity contribution < 1.29 is 0 Å². The van der Waals surface area contributed by atoms with Crippen LogP contribution in [0.3, 0.4) is 0 Å². The van der Waals surface area contributed by atoms with Gasteiger partial charge in [0.15, 0.2) is 0 Å². The molecule has 2 aromatic rings. The summed E-state index contributed by atoms with van der Waals surface area (Å²) in [5, 5.41) is 1.24. The summed E-state index contributed by atoms with van der Waals surface area (Å²) in [7, 11) is 0. The average Bonchev–Trinajstić information content (AvgIpc) is 2.49. The summed E-state index contributed by atoms with van der Waals surface area (Å²) >= 11 is 0. The van der Waals surface area contributed by atoms with E-state index in [9.17, 15) is 0 Å². The third-order valence-corrected chi connectivity index (χ3v) is 4.20. The zero-order valence-corrected chi connectivity index (χ0v) is 13.1. The average molecular weight is 283 g/mol. The lowest BCUT2D eigenvalue weighted by Crippen LogP contribution is -2.46. The topological polar surface area (TPSA) is 19.4 Å². The maximum Gasteiger partial charge on any atom is 0.0746 e. The molecule has 0 radical (unpaired) electrons. The predicted octanol–water partition coefficient (Wildman–Crippen LogP) is 3.01. The van der Waals surface area contributed by atoms with Crippen molar-refractivity contribution in [1.82, 2.24) is 14.8 Å². The van der Waals surface area contributed by atoms with E-state index in [1.165, 1.54) is 30.6 Å². The second-order valence-electron chi connectivity index (χ2n) is 6.46. The number of benzene rings is 1. The van der Waals surface area contributed by atoms with Crippen LogP contribution in [0, 0.1) is 5.92 Å². The molecule has 1 aromatic heterocycles. The van der Waals surface area contributed by atoms with Crippen LogP contribution in [0.25, 0.3) is 10.9 Å². The van der Waals surface area contributed by atoms with E-state index >= 15 is 0 Å². The zero-order valence-electron chi connectivity index (χ0n) is 13.1. The van der Waals surface area contributed by atoms with E-state index in [1.807, 2.05) is 12.3 Å². The van der Waals surface area contributed by atoms with Gasteiger partial charge in [-0.05, 0) is 17.5 Å². The first-order chi connectivity index (χ1) is 10.2. The highest BCUT2D eigenvalue weighted by Crippen LogP contribution is 2.18. The number of pyridine rings is 1. The summed E-state index contributed by atoms with van der Waals surface area (Å²) in [6.07, 6.45) is 1.90. The molecule has 1 fully saturated rings. The maximum absolute atomic E-state index is 4.56. The third kappa shape index (κ3) is 3.60. The molecule has 0 N–H and O–H groups in total. The Morgan fingerprint density at radius 2 is 1.71 bits per heavy atom. The van der Waals surface area contributed by atoms with Crippen LogP contribution in [-0.2, 0) is 6.54 Å². The van der Waals surface area contributed by atoms with Crippen LogP contribution in [0.4, 0.5) is 0 Å². The molecule has 3 nitrogen and oxygen atoms in total. The largest absolute Gasteiger partial charge is 0.301 e. The first-order valence-corrected chi connectivity index (χ1v) is 8.00. The summed E-state index contributed by atoms with van der Waals surface area (Å²) in [5.74, 6) is 0.763. The normalized spacial score (nSPS) is 17.7. The summed E-state index contributed by atoms with van der Waals surface area (Å²) in [6.45, 7) is 11.6. The highest BCUT2D eigenvalue weighted by molar-refractivity contribution is 5.81. The number of hydrogen-bond acceptors (Lipinski definition) is 3. The zero-order chi connectivity index (χ0) is 14.7. The molecule has 2 heterocycles. The van der Waals surface area contributed by atoms with Gasteiger partial charge in [0.05, 0.1) is 5.52 Å². The molecule has 0 atom stereocenters. The minimum absolute atomic E-state index is 0.763. The van der Waals surface area contributed by atoms with Gasteiger partial charge in [-0.1, -0.05) is 38.1 Å². The number of para-hydroxylation sites is 1. The van der Waals surface area contributed by atoms with Crippen molar-refractivity contribution in [3.63, 3.8) is 0 Å². The van der Waals surface area contributed by atoms with Gasteiger partial charge >= 0.3 is 0 Å². The first-order valence-electron chi connectivity index (χ1n) is 8.00. The van der Waals surface area contributed by atoms with Crippen molar-refractivity contribution in [2.45, 2.75) is 20.4 Å². The predicted molar refractivity (Wildman–Crippen MR) is 88.3 cm³/mol. The van der Waals surface area contributed by atoms with Crippen LogP contribution in [0.1, 0.15) is 19.4 Å². The van der Waals surface area contributed by atoms with Gasteiger partial charge in [-0.25, -0.2) is 0 Å². The van der Waals surface area contributed by atoms with Crippen LogP contribution < -0.4 is 0 Å². The molecule has 0 unspecified atom stereocenters. The standard InChI is InChI=1S/C18H25N3/c1-15(2)13-20-9-11-21(12-10-20)14-17-6-3-5-16-7-4-8-19-18(16)17/h3-8,15H,9-14H2,1-2H3. The van der Waals surface area contributed by atoms with Gasteiger partial charge in [-0.2, -0.15) is 0 Å². The van der Waals surface area contributed by atoms with Gasteiger partial charge in [0.2, 0.25) is 0 Å². The molecule has 112 valence electrons. The first kappa shape index (κ1) is 14.5. The van der Waals surface area contributed by atoms with Gasteiger partial charge in [0.1, 0.15) is 0 Å². The highest BCUT2D eigenvalue weighted by atomic mass is 15.3. The number of aromatic nitrogens is 1. The lowest BCUT2D eigenvalue weighted by atomic mass is 10.1. The quantitative estimate of drug-likeness (QED) is 0.860. The van der Waals surface area contributed by atoms with Crippen LogP contribution in [0.15, 0.2) is 36.5 Å². The molecule has 0 amide bonds. The van der Waals surface area contributed by atoms with E-state index in [-0.39, 0.29) is 0 Å². The van der Waals surface area contributed by atoms with Crippen LogP contribution >= 0.6 is 0 Å². The Bertz CT molecular complexity index is 581. The molecule has 0 bridgehead atoms. The molecule has 0 aliphatic carbocycles. The Hall–Kier alpha value is -1.45. The second-order valence-corrected chi connectivity index (χ2v) is 6.46. The van der Waals surface area contributed by atoms with Crippen LogP contribution in [0.5, 0.6) is 0 Å². The molecule has 1 aliphatic heterocycles. The number of rotatable bonds is 4.